The molecule has 0 saturated heterocycles. The molecule has 21 heavy (non-hydrogen) atoms. The fourth-order valence-corrected chi connectivity index (χ4v) is 3.61. The predicted octanol–water partition coefficient (Wildman–Crippen LogP) is 3.91. The normalized spacial score (nSPS) is 17.2. The number of aryl methyl sites for hydroxylation is 1. The number of aliphatic imine (C=N–C) groups is 1. The van der Waals surface area contributed by atoms with Crippen LogP contribution in [-0.4, -0.2) is 40.5 Å². The number of unbranched alkanes of at least 4 members (excludes halogenated alkanes) is 1. The Bertz CT molecular complexity index is 449. The van der Waals surface area contributed by atoms with Crippen LogP contribution in [0.2, 0.25) is 0 Å². The highest BCUT2D eigenvalue weighted by atomic mass is 32.1. The van der Waals surface area contributed by atoms with Crippen LogP contribution < -0.4 is 0 Å². The van der Waals surface area contributed by atoms with Crippen LogP contribution in [0.25, 0.3) is 0 Å². The molecular weight excluding hydrogens is 280 g/mol. The van der Waals surface area contributed by atoms with E-state index in [0.29, 0.717) is 0 Å². The van der Waals surface area contributed by atoms with Gasteiger partial charge in [-0.3, -0.25) is 4.99 Å². The molecule has 0 spiro atoms. The summed E-state index contributed by atoms with van der Waals surface area (Å²) >= 11 is 1.47. The van der Waals surface area contributed by atoms with E-state index in [1.165, 1.54) is 56.5 Å². The van der Waals surface area contributed by atoms with Gasteiger partial charge in [0.25, 0.3) is 0 Å². The first-order valence-electron chi connectivity index (χ1n) is 8.27. The standard InChI is InChI=1S/C16H28N4S/c1-4-5-11-20(3)16(15-13(2)18-19-21-15)17-12-14-9-7-6-8-10-14/h14H,4-12H2,1-3H3. The molecule has 1 aromatic rings. The fraction of sp³-hybridized carbons (Fsp3) is 0.812. The molecule has 1 aliphatic rings. The summed E-state index contributed by atoms with van der Waals surface area (Å²) in [6.45, 7) is 6.27. The Balaban J connectivity index is 2.08. The van der Waals surface area contributed by atoms with E-state index in [0.717, 1.165) is 35.4 Å². The Morgan fingerprint density at radius 2 is 2.10 bits per heavy atom. The zero-order valence-corrected chi connectivity index (χ0v) is 14.5. The smallest absolute Gasteiger partial charge is 0.144 e. The summed E-state index contributed by atoms with van der Waals surface area (Å²) in [6.07, 6.45) is 9.25. The lowest BCUT2D eigenvalue weighted by atomic mass is 9.89. The van der Waals surface area contributed by atoms with Crippen molar-refractivity contribution < 1.29 is 0 Å². The van der Waals surface area contributed by atoms with Gasteiger partial charge in [-0.05, 0) is 43.6 Å². The maximum atomic E-state index is 4.98. The molecule has 0 aromatic carbocycles. The van der Waals surface area contributed by atoms with E-state index in [1.807, 2.05) is 6.92 Å². The Kier molecular flexibility index (Phi) is 6.61. The van der Waals surface area contributed by atoms with Crippen LogP contribution in [0.1, 0.15) is 62.4 Å². The molecule has 4 nitrogen and oxygen atoms in total. The summed E-state index contributed by atoms with van der Waals surface area (Å²) in [6, 6.07) is 0. The molecule has 0 aliphatic heterocycles. The molecule has 2 rings (SSSR count). The third kappa shape index (κ3) is 4.77. The van der Waals surface area contributed by atoms with Gasteiger partial charge in [-0.1, -0.05) is 37.1 Å². The average Bonchev–Trinajstić information content (AvgIpc) is 2.92. The topological polar surface area (TPSA) is 41.4 Å². The highest BCUT2D eigenvalue weighted by molar-refractivity contribution is 7.08. The molecule has 1 aromatic heterocycles. The highest BCUT2D eigenvalue weighted by Crippen LogP contribution is 2.24. The lowest BCUT2D eigenvalue weighted by Gasteiger charge is -2.23. The van der Waals surface area contributed by atoms with Gasteiger partial charge in [-0.15, -0.1) is 5.10 Å². The van der Waals surface area contributed by atoms with Crippen molar-refractivity contribution in [1.82, 2.24) is 14.5 Å². The number of aromatic nitrogens is 2. The molecule has 1 fully saturated rings. The second-order valence-electron chi connectivity index (χ2n) is 6.13. The van der Waals surface area contributed by atoms with Crippen LogP contribution in [0.4, 0.5) is 0 Å². The zero-order chi connectivity index (χ0) is 15.1. The maximum absolute atomic E-state index is 4.98. The lowest BCUT2D eigenvalue weighted by molar-refractivity contribution is 0.365. The summed E-state index contributed by atoms with van der Waals surface area (Å²) in [7, 11) is 2.15. The van der Waals surface area contributed by atoms with E-state index in [4.69, 9.17) is 4.99 Å². The summed E-state index contributed by atoms with van der Waals surface area (Å²) in [4.78, 5) is 8.41. The van der Waals surface area contributed by atoms with Gasteiger partial charge in [-0.25, -0.2) is 0 Å². The molecule has 0 N–H and O–H groups in total. The van der Waals surface area contributed by atoms with Crippen molar-refractivity contribution in [3.05, 3.63) is 10.6 Å². The second-order valence-corrected chi connectivity index (χ2v) is 6.89. The van der Waals surface area contributed by atoms with E-state index in [1.54, 1.807) is 0 Å². The van der Waals surface area contributed by atoms with Crippen LogP contribution >= 0.6 is 11.5 Å². The Morgan fingerprint density at radius 3 is 2.71 bits per heavy atom. The summed E-state index contributed by atoms with van der Waals surface area (Å²) < 4.78 is 4.08. The van der Waals surface area contributed by atoms with Crippen molar-refractivity contribution in [3.63, 3.8) is 0 Å². The van der Waals surface area contributed by atoms with Crippen LogP contribution in [0.5, 0.6) is 0 Å². The molecule has 0 bridgehead atoms. The van der Waals surface area contributed by atoms with Gasteiger partial charge >= 0.3 is 0 Å². The number of hydrogen-bond donors (Lipinski definition) is 0. The average molecular weight is 308 g/mol. The molecular formula is C16H28N4S. The lowest BCUT2D eigenvalue weighted by Crippen LogP contribution is -2.29. The number of hydrogen-bond acceptors (Lipinski definition) is 4. The van der Waals surface area contributed by atoms with Crippen molar-refractivity contribution >= 4 is 17.4 Å². The van der Waals surface area contributed by atoms with Gasteiger partial charge in [-0.2, -0.15) is 0 Å². The minimum absolute atomic E-state index is 0.773. The second kappa shape index (κ2) is 8.47. The minimum Gasteiger partial charge on any atom is -0.359 e. The number of nitrogens with zero attached hydrogens (tertiary/aromatic N) is 4. The third-order valence-corrected chi connectivity index (χ3v) is 5.11. The van der Waals surface area contributed by atoms with E-state index in [9.17, 15) is 0 Å². The number of amidine groups is 1. The summed E-state index contributed by atoms with van der Waals surface area (Å²) in [5, 5.41) is 4.16. The molecule has 0 atom stereocenters. The Morgan fingerprint density at radius 1 is 1.33 bits per heavy atom. The molecule has 118 valence electrons. The minimum atomic E-state index is 0.773. The largest absolute Gasteiger partial charge is 0.359 e. The van der Waals surface area contributed by atoms with Crippen LogP contribution in [-0.2, 0) is 0 Å². The highest BCUT2D eigenvalue weighted by Gasteiger charge is 2.18. The molecule has 0 amide bonds. The Labute approximate surface area is 132 Å². The molecule has 5 heteroatoms. The Hall–Kier alpha value is -0.970. The maximum Gasteiger partial charge on any atom is 0.144 e. The van der Waals surface area contributed by atoms with Crippen LogP contribution in [0, 0.1) is 12.8 Å². The van der Waals surface area contributed by atoms with Gasteiger partial charge in [0, 0.05) is 20.1 Å². The summed E-state index contributed by atoms with van der Waals surface area (Å²) in [5.41, 5.74) is 1.01. The van der Waals surface area contributed by atoms with Crippen molar-refractivity contribution in [3.8, 4) is 0 Å². The van der Waals surface area contributed by atoms with Gasteiger partial charge in [0.2, 0.25) is 0 Å². The molecule has 0 radical (unpaired) electrons. The van der Waals surface area contributed by atoms with E-state index >= 15 is 0 Å². The first kappa shape index (κ1) is 16.4. The predicted molar refractivity (Wildman–Crippen MR) is 90.2 cm³/mol. The van der Waals surface area contributed by atoms with Crippen molar-refractivity contribution in [2.45, 2.75) is 58.8 Å². The van der Waals surface area contributed by atoms with Gasteiger partial charge in [0.1, 0.15) is 10.7 Å². The zero-order valence-electron chi connectivity index (χ0n) is 13.6. The summed E-state index contributed by atoms with van der Waals surface area (Å²) in [5.74, 6) is 1.87. The number of rotatable bonds is 6. The van der Waals surface area contributed by atoms with Crippen molar-refractivity contribution in [1.29, 1.82) is 0 Å². The van der Waals surface area contributed by atoms with E-state index in [2.05, 4.69) is 28.5 Å². The monoisotopic (exact) mass is 308 g/mol. The first-order chi connectivity index (χ1) is 10.2. The van der Waals surface area contributed by atoms with E-state index in [-0.39, 0.29) is 0 Å². The quantitative estimate of drug-likeness (QED) is 0.591. The van der Waals surface area contributed by atoms with Gasteiger partial charge in [0.05, 0.1) is 5.69 Å². The molecule has 1 saturated carbocycles. The molecule has 1 aliphatic carbocycles. The third-order valence-electron chi connectivity index (χ3n) is 4.29. The van der Waals surface area contributed by atoms with Crippen LogP contribution in [0.15, 0.2) is 4.99 Å². The van der Waals surface area contributed by atoms with E-state index < -0.39 is 0 Å². The first-order valence-corrected chi connectivity index (χ1v) is 9.04. The molecule has 1 heterocycles. The van der Waals surface area contributed by atoms with Gasteiger partial charge in [0.15, 0.2) is 0 Å². The SMILES string of the molecule is CCCCN(C)C(=NCC1CCCCC1)c1snnc1C. The van der Waals surface area contributed by atoms with Crippen LogP contribution in [0.3, 0.4) is 0 Å². The van der Waals surface area contributed by atoms with Crippen molar-refractivity contribution in [2.24, 2.45) is 10.9 Å². The van der Waals surface area contributed by atoms with Crippen molar-refractivity contribution in [2.75, 3.05) is 20.1 Å². The molecule has 0 unspecified atom stereocenters. The fourth-order valence-electron chi connectivity index (χ4n) is 2.89. The van der Waals surface area contributed by atoms with Gasteiger partial charge < -0.3 is 4.90 Å².